The van der Waals surface area contributed by atoms with Gasteiger partial charge in [-0.05, 0) is 0 Å². The summed E-state index contributed by atoms with van der Waals surface area (Å²) < 4.78 is 32.8. The third-order valence-electron chi connectivity index (χ3n) is 0.500. The normalized spacial score (nSPS) is 14.3. The van der Waals surface area contributed by atoms with Crippen molar-refractivity contribution >= 4 is 36.4 Å². The minimum atomic E-state index is -1.64. The molecule has 0 aliphatic heterocycles. The van der Waals surface area contributed by atoms with Gasteiger partial charge in [-0.3, -0.25) is 0 Å². The number of aliphatic hydroxyl groups excluding tert-OH is 1. The van der Waals surface area contributed by atoms with E-state index >= 15 is 0 Å². The first-order valence-corrected chi connectivity index (χ1v) is 4.10. The number of rotatable bonds is 4. The Hall–Kier alpha value is 0.800. The van der Waals surface area contributed by atoms with E-state index in [4.69, 9.17) is 5.11 Å². The van der Waals surface area contributed by atoms with Crippen LogP contribution in [0.25, 0.3) is 0 Å². The molecule has 1 atom stereocenters. The zero-order valence-corrected chi connectivity index (χ0v) is 6.41. The average Bonchev–Trinajstić information content (AvgIpc) is 1.90. The van der Waals surface area contributed by atoms with Gasteiger partial charge in [-0.15, -0.1) is 0 Å². The molecule has 0 radical (unpaired) electrons. The first kappa shape index (κ1) is 9.80. The summed E-state index contributed by atoms with van der Waals surface area (Å²) in [6, 6.07) is 0. The van der Waals surface area contributed by atoms with Crippen LogP contribution in [-0.4, -0.2) is 15.1 Å². The van der Waals surface area contributed by atoms with Crippen LogP contribution in [0.15, 0.2) is 0 Å². The van der Waals surface area contributed by atoms with Crippen LogP contribution < -0.4 is 0 Å². The predicted molar refractivity (Wildman–Crippen MR) is 35.9 cm³/mol. The highest BCUT2D eigenvalue weighted by molar-refractivity contribution is 8.13. The summed E-state index contributed by atoms with van der Waals surface area (Å²) in [6.45, 7) is 0. The van der Waals surface area contributed by atoms with Crippen LogP contribution in [0.1, 0.15) is 0 Å². The maximum absolute atomic E-state index is 11.4. The molecule has 0 aliphatic rings. The Bertz CT molecular complexity index is 70.1. The molecular weight excluding hydrogens is 193 g/mol. The molecule has 0 amide bonds. The van der Waals surface area contributed by atoms with Gasteiger partial charge in [-0.25, -0.2) is 0 Å². The number of aliphatic hydroxyl groups is 1. The molecule has 1 unspecified atom stereocenters. The third-order valence-corrected chi connectivity index (χ3v) is 2.60. The van der Waals surface area contributed by atoms with E-state index in [2.05, 4.69) is 0 Å². The van der Waals surface area contributed by atoms with Crippen molar-refractivity contribution in [3.05, 3.63) is 0 Å². The van der Waals surface area contributed by atoms with Gasteiger partial charge in [0.2, 0.25) is 0 Å². The van der Waals surface area contributed by atoms with E-state index in [9.17, 15) is 11.7 Å². The lowest BCUT2D eigenvalue weighted by molar-refractivity contribution is 0.276. The van der Waals surface area contributed by atoms with E-state index in [-0.39, 0.29) is 0 Å². The lowest BCUT2D eigenvalue weighted by Gasteiger charge is -2.07. The first-order valence-electron chi connectivity index (χ1n) is 1.76. The Morgan fingerprint density at radius 1 is 1.00 bits per heavy atom. The van der Waals surface area contributed by atoms with Crippen LogP contribution in [0.2, 0.25) is 0 Å². The molecule has 0 fully saturated rings. The Labute approximate surface area is 63.7 Å². The van der Waals surface area contributed by atoms with Crippen molar-refractivity contribution in [3.8, 4) is 0 Å². The largest absolute Gasteiger partial charge is 0.377 e. The number of hydrogen-bond acceptors (Lipinski definition) is 4. The van der Waals surface area contributed by atoms with Gasteiger partial charge in [0.1, 0.15) is 0 Å². The molecule has 1 nitrogen and oxygen atoms in total. The zero-order valence-electron chi connectivity index (χ0n) is 3.96. The Morgan fingerprint density at radius 2 is 1.44 bits per heavy atom. The smallest absolute Gasteiger partial charge is 0.156 e. The van der Waals surface area contributed by atoms with E-state index < -0.39 is 46.5 Å². The van der Waals surface area contributed by atoms with Crippen LogP contribution in [0.4, 0.5) is 11.7 Å². The van der Waals surface area contributed by atoms with Crippen LogP contribution in [0, 0.1) is 0 Å². The summed E-state index contributed by atoms with van der Waals surface area (Å²) >= 11 is -1.32. The number of hydrogen-bond donors (Lipinski definition) is 1. The van der Waals surface area contributed by atoms with E-state index in [0.29, 0.717) is 0 Å². The lowest BCUT2D eigenvalue weighted by Crippen LogP contribution is -2.11. The molecule has 9 heavy (non-hydrogen) atoms. The highest BCUT2D eigenvalue weighted by atomic mass is 32.2. The van der Waals surface area contributed by atoms with Crippen molar-refractivity contribution in [2.45, 2.75) is 10.0 Å². The summed E-state index contributed by atoms with van der Waals surface area (Å²) in [5.74, 6) is 0. The SMILES string of the molecule is OC(SF)C(SF)SF. The minimum absolute atomic E-state index is 0.420. The van der Waals surface area contributed by atoms with Gasteiger partial charge in [-0.2, -0.15) is 11.7 Å². The van der Waals surface area contributed by atoms with E-state index in [1.807, 2.05) is 0 Å². The average molecular weight is 196 g/mol. The Kier molecular flexibility index (Phi) is 6.07. The second-order valence-corrected chi connectivity index (χ2v) is 3.36. The fourth-order valence-electron chi connectivity index (χ4n) is 0.144. The van der Waals surface area contributed by atoms with Gasteiger partial charge in [-0.1, -0.05) is 0 Å². The van der Waals surface area contributed by atoms with Crippen molar-refractivity contribution in [2.75, 3.05) is 0 Å². The van der Waals surface area contributed by atoms with E-state index in [1.165, 1.54) is 0 Å². The van der Waals surface area contributed by atoms with Gasteiger partial charge in [0, 0.05) is 0 Å². The first-order chi connectivity index (χ1) is 4.26. The van der Waals surface area contributed by atoms with E-state index in [0.717, 1.165) is 0 Å². The van der Waals surface area contributed by atoms with Gasteiger partial charge < -0.3 is 5.11 Å². The Balaban J connectivity index is 3.50. The monoisotopic (exact) mass is 196 g/mol. The molecule has 0 saturated carbocycles. The second kappa shape index (κ2) is 5.57. The minimum Gasteiger partial charge on any atom is -0.377 e. The molecule has 0 rings (SSSR count). The topological polar surface area (TPSA) is 20.2 Å². The molecule has 0 aromatic carbocycles. The van der Waals surface area contributed by atoms with Gasteiger partial charge in [0.25, 0.3) is 0 Å². The predicted octanol–water partition coefficient (Wildman–Crippen LogP) is 2.48. The molecule has 0 heterocycles. The van der Waals surface area contributed by atoms with Crippen molar-refractivity contribution in [2.24, 2.45) is 0 Å². The molecule has 0 aromatic heterocycles. The molecule has 0 bridgehead atoms. The highest BCUT2D eigenvalue weighted by Gasteiger charge is 2.22. The summed E-state index contributed by atoms with van der Waals surface area (Å²) in [6.07, 6.45) is 0. The standard InChI is InChI=1S/C2H3F3OS3/c3-7-1(6)2(8-4)9-5/h1-2,6H. The van der Waals surface area contributed by atoms with Crippen molar-refractivity contribution in [3.63, 3.8) is 0 Å². The molecule has 0 spiro atoms. The van der Waals surface area contributed by atoms with Gasteiger partial charge in [0.15, 0.2) is 10.0 Å². The van der Waals surface area contributed by atoms with Crippen LogP contribution in [0.5, 0.6) is 0 Å². The quantitative estimate of drug-likeness (QED) is 0.697. The summed E-state index contributed by atoms with van der Waals surface area (Å²) in [4.78, 5) is 0. The lowest BCUT2D eigenvalue weighted by atomic mass is 10.8. The van der Waals surface area contributed by atoms with Gasteiger partial charge >= 0.3 is 0 Å². The fourth-order valence-corrected chi connectivity index (χ4v) is 1.02. The van der Waals surface area contributed by atoms with Crippen molar-refractivity contribution < 1.29 is 16.8 Å². The summed E-state index contributed by atoms with van der Waals surface area (Å²) in [5.41, 5.74) is -1.64. The van der Waals surface area contributed by atoms with Crippen molar-refractivity contribution in [1.29, 1.82) is 0 Å². The third kappa shape index (κ3) is 3.49. The van der Waals surface area contributed by atoms with Crippen LogP contribution in [-0.2, 0) is 0 Å². The van der Waals surface area contributed by atoms with Crippen LogP contribution >= 0.6 is 36.4 Å². The Morgan fingerprint density at radius 3 is 1.56 bits per heavy atom. The van der Waals surface area contributed by atoms with Crippen LogP contribution in [0.3, 0.4) is 0 Å². The summed E-state index contributed by atoms with van der Waals surface area (Å²) in [7, 11) is 0. The fraction of sp³-hybridized carbons (Fsp3) is 1.00. The van der Waals surface area contributed by atoms with E-state index in [1.54, 1.807) is 0 Å². The molecule has 56 valence electrons. The van der Waals surface area contributed by atoms with Gasteiger partial charge in [0.05, 0.1) is 36.4 Å². The molecular formula is C2H3F3OS3. The second-order valence-electron chi connectivity index (χ2n) is 1.03. The highest BCUT2D eigenvalue weighted by Crippen LogP contribution is 2.33. The molecule has 1 N–H and O–H groups in total. The summed E-state index contributed by atoms with van der Waals surface area (Å²) in [5, 5.41) is 8.38. The number of halogens is 3. The molecule has 0 aromatic rings. The molecule has 0 aliphatic carbocycles. The van der Waals surface area contributed by atoms with Crippen molar-refractivity contribution in [1.82, 2.24) is 0 Å². The molecule has 7 heteroatoms. The maximum atomic E-state index is 11.4. The zero-order chi connectivity index (χ0) is 7.28. The maximum Gasteiger partial charge on any atom is 0.156 e. The molecule has 0 saturated heterocycles.